The van der Waals surface area contributed by atoms with Crippen LogP contribution in [-0.4, -0.2) is 23.4 Å². The zero-order valence-corrected chi connectivity index (χ0v) is 14.7. The molecule has 1 atom stereocenters. The van der Waals surface area contributed by atoms with Crippen molar-refractivity contribution < 1.29 is 19.2 Å². The van der Waals surface area contributed by atoms with Crippen LogP contribution in [0.4, 0.5) is 11.4 Å². The number of esters is 1. The van der Waals surface area contributed by atoms with Crippen LogP contribution in [0.1, 0.15) is 24.8 Å². The van der Waals surface area contributed by atoms with Crippen molar-refractivity contribution in [3.8, 4) is 0 Å². The highest BCUT2D eigenvalue weighted by Gasteiger charge is 2.18. The Bertz CT molecular complexity index is 810. The maximum absolute atomic E-state index is 11.9. The number of nitro groups is 1. The van der Waals surface area contributed by atoms with Gasteiger partial charge in [0.05, 0.1) is 11.3 Å². The van der Waals surface area contributed by atoms with Crippen molar-refractivity contribution in [2.75, 3.05) is 11.9 Å². The number of nitro benzene ring substituents is 1. The molecule has 0 aliphatic heterocycles. The molecule has 0 fully saturated rings. The van der Waals surface area contributed by atoms with E-state index in [1.165, 1.54) is 12.1 Å². The molecule has 0 aliphatic carbocycles. The Kier molecular flexibility index (Phi) is 6.68. The molecule has 7 nitrogen and oxygen atoms in total. The van der Waals surface area contributed by atoms with Gasteiger partial charge in [0, 0.05) is 11.1 Å². The first-order valence-corrected chi connectivity index (χ1v) is 8.19. The van der Waals surface area contributed by atoms with Crippen LogP contribution in [-0.2, 0) is 14.3 Å². The highest BCUT2D eigenvalue weighted by molar-refractivity contribution is 6.31. The fourth-order valence-electron chi connectivity index (χ4n) is 2.30. The van der Waals surface area contributed by atoms with Crippen molar-refractivity contribution in [2.45, 2.75) is 19.3 Å². The Hall–Kier alpha value is -2.93. The van der Waals surface area contributed by atoms with E-state index in [0.29, 0.717) is 0 Å². The van der Waals surface area contributed by atoms with Crippen molar-refractivity contribution in [2.24, 2.45) is 0 Å². The zero-order chi connectivity index (χ0) is 19.1. The lowest BCUT2D eigenvalue weighted by Gasteiger charge is -2.11. The highest BCUT2D eigenvalue weighted by atomic mass is 35.5. The number of carbonyl (C=O) groups excluding carboxylic acids is 2. The smallest absolute Gasteiger partial charge is 0.306 e. The summed E-state index contributed by atoms with van der Waals surface area (Å²) in [6.45, 7) is 1.36. The van der Waals surface area contributed by atoms with Crippen LogP contribution in [0.2, 0.25) is 5.02 Å². The van der Waals surface area contributed by atoms with E-state index >= 15 is 0 Å². The molecule has 26 heavy (non-hydrogen) atoms. The number of hydrogen-bond donors (Lipinski definition) is 1. The maximum atomic E-state index is 11.9. The molecule has 0 heterocycles. The molecule has 2 aromatic rings. The number of halogens is 1. The van der Waals surface area contributed by atoms with E-state index in [-0.39, 0.29) is 28.7 Å². The molecule has 0 saturated carbocycles. The van der Waals surface area contributed by atoms with Crippen molar-refractivity contribution in [1.82, 2.24) is 0 Å². The number of nitrogens with one attached hydrogen (secondary N) is 1. The second-order valence-electron chi connectivity index (χ2n) is 5.64. The van der Waals surface area contributed by atoms with E-state index in [1.54, 1.807) is 0 Å². The molecule has 2 rings (SSSR count). The van der Waals surface area contributed by atoms with Crippen LogP contribution in [0.5, 0.6) is 0 Å². The van der Waals surface area contributed by atoms with Gasteiger partial charge in [-0.25, -0.2) is 0 Å². The van der Waals surface area contributed by atoms with E-state index in [9.17, 15) is 19.7 Å². The summed E-state index contributed by atoms with van der Waals surface area (Å²) in [4.78, 5) is 34.1. The van der Waals surface area contributed by atoms with Crippen molar-refractivity contribution in [1.29, 1.82) is 0 Å². The maximum Gasteiger partial charge on any atom is 0.306 e. The lowest BCUT2D eigenvalue weighted by Crippen LogP contribution is -2.22. The second-order valence-corrected chi connectivity index (χ2v) is 6.08. The summed E-state index contributed by atoms with van der Waals surface area (Å²) < 4.78 is 4.95. The minimum absolute atomic E-state index is 0.0156. The van der Waals surface area contributed by atoms with E-state index in [4.69, 9.17) is 16.3 Å². The van der Waals surface area contributed by atoms with E-state index in [0.717, 1.165) is 11.6 Å². The number of rotatable bonds is 7. The van der Waals surface area contributed by atoms with Gasteiger partial charge in [0.2, 0.25) is 0 Å². The summed E-state index contributed by atoms with van der Waals surface area (Å²) >= 11 is 5.71. The lowest BCUT2D eigenvalue weighted by molar-refractivity contribution is -0.383. The van der Waals surface area contributed by atoms with Crippen LogP contribution >= 0.6 is 11.6 Å². The first kappa shape index (κ1) is 19.4. The number of nitrogens with zero attached hydrogens (tertiary/aromatic N) is 1. The molecule has 0 spiro atoms. The Labute approximate surface area is 155 Å². The molecule has 0 aliphatic rings. The Morgan fingerprint density at radius 2 is 1.92 bits per heavy atom. The number of amides is 1. The number of hydrogen-bond acceptors (Lipinski definition) is 5. The lowest BCUT2D eigenvalue weighted by atomic mass is 9.98. The molecule has 8 heteroatoms. The SMILES string of the molecule is CC(CC(=O)OCC(=O)Nc1ccc(Cl)cc1[N+](=O)[O-])c1ccccc1. The molecule has 2 aromatic carbocycles. The molecule has 0 saturated heterocycles. The Morgan fingerprint density at radius 3 is 2.58 bits per heavy atom. The minimum Gasteiger partial charge on any atom is -0.456 e. The van der Waals surface area contributed by atoms with Crippen LogP contribution < -0.4 is 5.32 Å². The average molecular weight is 377 g/mol. The molecule has 136 valence electrons. The summed E-state index contributed by atoms with van der Waals surface area (Å²) in [5.41, 5.74) is 0.638. The van der Waals surface area contributed by atoms with E-state index in [1.807, 2.05) is 37.3 Å². The molecule has 1 N–H and O–H groups in total. The molecular formula is C18H17ClN2O5. The fraction of sp³-hybridized carbons (Fsp3) is 0.222. The number of carbonyl (C=O) groups is 2. The molecule has 0 radical (unpaired) electrons. The number of ether oxygens (including phenoxy) is 1. The number of benzene rings is 2. The predicted molar refractivity (Wildman–Crippen MR) is 97.2 cm³/mol. The largest absolute Gasteiger partial charge is 0.456 e. The molecular weight excluding hydrogens is 360 g/mol. The van der Waals surface area contributed by atoms with Gasteiger partial charge in [-0.15, -0.1) is 0 Å². The van der Waals surface area contributed by atoms with Gasteiger partial charge >= 0.3 is 5.97 Å². The van der Waals surface area contributed by atoms with Gasteiger partial charge in [-0.3, -0.25) is 19.7 Å². The topological polar surface area (TPSA) is 98.5 Å². The predicted octanol–water partition coefficient (Wildman–Crippen LogP) is 3.92. The second kappa shape index (κ2) is 8.96. The summed E-state index contributed by atoms with van der Waals surface area (Å²) in [5.74, 6) is -1.25. The first-order valence-electron chi connectivity index (χ1n) is 7.81. The van der Waals surface area contributed by atoms with Crippen molar-refractivity contribution in [3.63, 3.8) is 0 Å². The third kappa shape index (κ3) is 5.56. The quantitative estimate of drug-likeness (QED) is 0.448. The zero-order valence-electron chi connectivity index (χ0n) is 14.0. The van der Waals surface area contributed by atoms with E-state index < -0.39 is 23.4 Å². The minimum atomic E-state index is -0.670. The van der Waals surface area contributed by atoms with Gasteiger partial charge in [-0.1, -0.05) is 48.9 Å². The van der Waals surface area contributed by atoms with Gasteiger partial charge in [0.25, 0.3) is 11.6 Å². The third-order valence-corrected chi connectivity index (χ3v) is 3.87. The van der Waals surface area contributed by atoms with Crippen LogP contribution in [0.3, 0.4) is 0 Å². The van der Waals surface area contributed by atoms with Crippen LogP contribution in [0.15, 0.2) is 48.5 Å². The summed E-state index contributed by atoms with van der Waals surface area (Å²) in [7, 11) is 0. The van der Waals surface area contributed by atoms with Crippen LogP contribution in [0.25, 0.3) is 0 Å². The van der Waals surface area contributed by atoms with Gasteiger partial charge in [0.15, 0.2) is 6.61 Å². The van der Waals surface area contributed by atoms with Crippen LogP contribution in [0, 0.1) is 10.1 Å². The molecule has 1 unspecified atom stereocenters. The Morgan fingerprint density at radius 1 is 1.23 bits per heavy atom. The van der Waals surface area contributed by atoms with Gasteiger partial charge in [-0.2, -0.15) is 0 Å². The normalized spacial score (nSPS) is 11.5. The summed E-state index contributed by atoms with van der Waals surface area (Å²) in [6, 6.07) is 13.3. The summed E-state index contributed by atoms with van der Waals surface area (Å²) in [6.07, 6.45) is 0.123. The molecule has 1 amide bonds. The van der Waals surface area contributed by atoms with Gasteiger partial charge < -0.3 is 10.1 Å². The third-order valence-electron chi connectivity index (χ3n) is 3.64. The summed E-state index contributed by atoms with van der Waals surface area (Å²) in [5, 5.41) is 13.5. The van der Waals surface area contributed by atoms with Crippen molar-refractivity contribution in [3.05, 3.63) is 69.2 Å². The Balaban J connectivity index is 1.87. The fourth-order valence-corrected chi connectivity index (χ4v) is 2.47. The molecule has 0 aromatic heterocycles. The monoisotopic (exact) mass is 376 g/mol. The van der Waals surface area contributed by atoms with Gasteiger partial charge in [-0.05, 0) is 23.6 Å². The van der Waals surface area contributed by atoms with Gasteiger partial charge in [0.1, 0.15) is 5.69 Å². The van der Waals surface area contributed by atoms with Crippen molar-refractivity contribution >= 4 is 34.9 Å². The van der Waals surface area contributed by atoms with E-state index in [2.05, 4.69) is 5.32 Å². The standard InChI is InChI=1S/C18H17ClN2O5/c1-12(13-5-3-2-4-6-13)9-18(23)26-11-17(22)20-15-8-7-14(19)10-16(15)21(24)25/h2-8,10,12H,9,11H2,1H3,(H,20,22). The number of anilines is 1. The highest BCUT2D eigenvalue weighted by Crippen LogP contribution is 2.27. The first-order chi connectivity index (χ1) is 12.4. The molecule has 0 bridgehead atoms. The average Bonchev–Trinajstić information content (AvgIpc) is 2.62.